The summed E-state index contributed by atoms with van der Waals surface area (Å²) in [6.07, 6.45) is 1.07. The molecule has 0 unspecified atom stereocenters. The number of nitrogens with one attached hydrogen (secondary N) is 1. The monoisotopic (exact) mass is 301 g/mol. The summed E-state index contributed by atoms with van der Waals surface area (Å²) in [6, 6.07) is 5.02. The zero-order valence-corrected chi connectivity index (χ0v) is 11.5. The highest BCUT2D eigenvalue weighted by Gasteiger charge is 2.35. The van der Waals surface area contributed by atoms with Gasteiger partial charge >= 0.3 is 5.97 Å². The second kappa shape index (κ2) is 5.80. The fourth-order valence-electron chi connectivity index (χ4n) is 2.08. The maximum Gasteiger partial charge on any atom is 0.306 e. The Bertz CT molecular complexity index is 492. The summed E-state index contributed by atoms with van der Waals surface area (Å²) in [5.41, 5.74) is 0.595. The van der Waals surface area contributed by atoms with E-state index >= 15 is 0 Å². The summed E-state index contributed by atoms with van der Waals surface area (Å²) in [5, 5.41) is 12.4. The van der Waals surface area contributed by atoms with E-state index in [-0.39, 0.29) is 24.3 Å². The lowest BCUT2D eigenvalue weighted by molar-refractivity contribution is -0.146. The van der Waals surface area contributed by atoms with Crippen molar-refractivity contribution in [2.24, 2.45) is 5.92 Å². The van der Waals surface area contributed by atoms with Crippen molar-refractivity contribution in [2.45, 2.75) is 25.3 Å². The van der Waals surface area contributed by atoms with Crippen molar-refractivity contribution in [3.63, 3.8) is 0 Å². The van der Waals surface area contributed by atoms with Gasteiger partial charge in [0.25, 0.3) is 0 Å². The van der Waals surface area contributed by atoms with E-state index in [0.717, 1.165) is 0 Å². The lowest BCUT2D eigenvalue weighted by Gasteiger charge is -2.32. The second-order valence-electron chi connectivity index (χ2n) is 4.65. The third-order valence-electron chi connectivity index (χ3n) is 3.25. The van der Waals surface area contributed by atoms with Crippen molar-refractivity contribution in [1.29, 1.82) is 0 Å². The van der Waals surface area contributed by atoms with Crippen LogP contribution in [0.4, 0.5) is 0 Å². The molecule has 1 aromatic rings. The Balaban J connectivity index is 1.87. The van der Waals surface area contributed by atoms with Gasteiger partial charge in [0.05, 0.1) is 12.3 Å². The third kappa shape index (κ3) is 3.39. The minimum Gasteiger partial charge on any atom is -0.481 e. The van der Waals surface area contributed by atoms with E-state index in [1.54, 1.807) is 18.2 Å². The van der Waals surface area contributed by atoms with Gasteiger partial charge in [-0.2, -0.15) is 0 Å². The molecule has 0 aromatic heterocycles. The molecule has 1 amide bonds. The van der Waals surface area contributed by atoms with Crippen LogP contribution < -0.4 is 5.32 Å². The Morgan fingerprint density at radius 2 is 1.84 bits per heavy atom. The average Bonchev–Trinajstić information content (AvgIpc) is 2.27. The molecule has 1 fully saturated rings. The molecule has 0 aliphatic heterocycles. The van der Waals surface area contributed by atoms with Crippen LogP contribution in [0.15, 0.2) is 18.2 Å². The first-order valence-corrected chi connectivity index (χ1v) is 6.68. The van der Waals surface area contributed by atoms with Crippen LogP contribution in [0.5, 0.6) is 0 Å². The smallest absolute Gasteiger partial charge is 0.306 e. The highest BCUT2D eigenvalue weighted by molar-refractivity contribution is 6.36. The minimum absolute atomic E-state index is 0.0603. The van der Waals surface area contributed by atoms with Crippen LogP contribution in [-0.2, 0) is 16.0 Å². The number of hydrogen-bond donors (Lipinski definition) is 2. The van der Waals surface area contributed by atoms with Gasteiger partial charge in [0.15, 0.2) is 0 Å². The molecule has 102 valence electrons. The molecule has 19 heavy (non-hydrogen) atoms. The van der Waals surface area contributed by atoms with Crippen molar-refractivity contribution < 1.29 is 14.7 Å². The van der Waals surface area contributed by atoms with Crippen LogP contribution in [0.3, 0.4) is 0 Å². The molecule has 1 aliphatic rings. The summed E-state index contributed by atoms with van der Waals surface area (Å²) in [7, 11) is 0. The lowest BCUT2D eigenvalue weighted by Crippen LogP contribution is -2.47. The predicted octanol–water partition coefficient (Wildman–Crippen LogP) is 2.52. The molecular formula is C13H13Cl2NO3. The Labute approximate surface area is 120 Å². The summed E-state index contributed by atoms with van der Waals surface area (Å²) < 4.78 is 0. The SMILES string of the molecule is O=C(Cc1c(Cl)cccc1Cl)NC1CC(C(=O)O)C1. The fraction of sp³-hybridized carbons (Fsp3) is 0.385. The lowest BCUT2D eigenvalue weighted by atomic mass is 9.80. The van der Waals surface area contributed by atoms with Crippen LogP contribution in [-0.4, -0.2) is 23.0 Å². The van der Waals surface area contributed by atoms with Crippen molar-refractivity contribution >= 4 is 35.1 Å². The van der Waals surface area contributed by atoms with Crippen molar-refractivity contribution in [1.82, 2.24) is 5.32 Å². The highest BCUT2D eigenvalue weighted by Crippen LogP contribution is 2.28. The molecule has 0 radical (unpaired) electrons. The van der Waals surface area contributed by atoms with Crippen molar-refractivity contribution in [2.75, 3.05) is 0 Å². The van der Waals surface area contributed by atoms with Crippen LogP contribution in [0.1, 0.15) is 18.4 Å². The maximum absolute atomic E-state index is 11.8. The zero-order valence-electron chi connectivity index (χ0n) is 10.0. The second-order valence-corrected chi connectivity index (χ2v) is 5.46. The molecule has 0 spiro atoms. The van der Waals surface area contributed by atoms with Crippen LogP contribution in [0.25, 0.3) is 0 Å². The quantitative estimate of drug-likeness (QED) is 0.898. The Kier molecular flexibility index (Phi) is 4.32. The molecule has 1 saturated carbocycles. The molecular weight excluding hydrogens is 289 g/mol. The van der Waals surface area contributed by atoms with E-state index in [9.17, 15) is 9.59 Å². The number of amides is 1. The van der Waals surface area contributed by atoms with Crippen LogP contribution in [0.2, 0.25) is 10.0 Å². The number of carbonyl (C=O) groups is 2. The number of benzene rings is 1. The number of hydrogen-bond acceptors (Lipinski definition) is 2. The first-order valence-electron chi connectivity index (χ1n) is 5.92. The molecule has 6 heteroatoms. The number of carbonyl (C=O) groups excluding carboxylic acids is 1. The summed E-state index contributed by atoms with van der Waals surface area (Å²) in [4.78, 5) is 22.5. The summed E-state index contributed by atoms with van der Waals surface area (Å²) >= 11 is 12.0. The number of halogens is 2. The van der Waals surface area contributed by atoms with Gasteiger partial charge in [-0.05, 0) is 30.5 Å². The van der Waals surface area contributed by atoms with E-state index in [1.807, 2.05) is 0 Å². The van der Waals surface area contributed by atoms with Gasteiger partial charge in [0, 0.05) is 16.1 Å². The van der Waals surface area contributed by atoms with E-state index in [0.29, 0.717) is 28.5 Å². The van der Waals surface area contributed by atoms with Gasteiger partial charge in [-0.25, -0.2) is 0 Å². The molecule has 2 N–H and O–H groups in total. The largest absolute Gasteiger partial charge is 0.481 e. The van der Waals surface area contributed by atoms with Gasteiger partial charge in [-0.1, -0.05) is 29.3 Å². The van der Waals surface area contributed by atoms with Gasteiger partial charge in [0.1, 0.15) is 0 Å². The van der Waals surface area contributed by atoms with Gasteiger partial charge in [-0.15, -0.1) is 0 Å². The van der Waals surface area contributed by atoms with Crippen LogP contribution >= 0.6 is 23.2 Å². The normalized spacial score (nSPS) is 21.6. The Hall–Kier alpha value is -1.26. The standard InChI is InChI=1S/C13H13Cl2NO3/c14-10-2-1-3-11(15)9(10)6-12(17)16-8-4-7(5-8)13(18)19/h1-3,7-8H,4-6H2,(H,16,17)(H,18,19). The molecule has 0 heterocycles. The molecule has 0 bridgehead atoms. The van der Waals surface area contributed by atoms with Crippen LogP contribution in [0, 0.1) is 5.92 Å². The van der Waals surface area contributed by atoms with Gasteiger partial charge in [-0.3, -0.25) is 9.59 Å². The molecule has 1 aromatic carbocycles. The Morgan fingerprint density at radius 1 is 1.26 bits per heavy atom. The van der Waals surface area contributed by atoms with E-state index in [1.165, 1.54) is 0 Å². The molecule has 4 nitrogen and oxygen atoms in total. The van der Waals surface area contributed by atoms with E-state index < -0.39 is 5.97 Å². The average molecular weight is 302 g/mol. The minimum atomic E-state index is -0.806. The predicted molar refractivity (Wildman–Crippen MR) is 72.5 cm³/mol. The Morgan fingerprint density at radius 3 is 2.37 bits per heavy atom. The van der Waals surface area contributed by atoms with Crippen molar-refractivity contribution in [3.05, 3.63) is 33.8 Å². The maximum atomic E-state index is 11.8. The first-order chi connectivity index (χ1) is 8.97. The first kappa shape index (κ1) is 14.2. The number of rotatable bonds is 4. The molecule has 1 aliphatic carbocycles. The summed E-state index contributed by atoms with van der Waals surface area (Å²) in [6.45, 7) is 0. The highest BCUT2D eigenvalue weighted by atomic mass is 35.5. The number of carboxylic acids is 1. The summed E-state index contributed by atoms with van der Waals surface area (Å²) in [5.74, 6) is -1.34. The molecule has 0 atom stereocenters. The fourth-order valence-corrected chi connectivity index (χ4v) is 2.61. The molecule has 2 rings (SSSR count). The van der Waals surface area contributed by atoms with Gasteiger partial charge < -0.3 is 10.4 Å². The number of aliphatic carboxylic acids is 1. The van der Waals surface area contributed by atoms with Crippen molar-refractivity contribution in [3.8, 4) is 0 Å². The topological polar surface area (TPSA) is 66.4 Å². The molecule has 0 saturated heterocycles. The van der Waals surface area contributed by atoms with E-state index in [4.69, 9.17) is 28.3 Å². The zero-order chi connectivity index (χ0) is 14.0. The third-order valence-corrected chi connectivity index (χ3v) is 3.96. The number of carboxylic acid groups (broad SMARTS) is 1. The van der Waals surface area contributed by atoms with E-state index in [2.05, 4.69) is 5.32 Å². The van der Waals surface area contributed by atoms with Gasteiger partial charge in [0.2, 0.25) is 5.91 Å².